The van der Waals surface area contributed by atoms with E-state index < -0.39 is 5.91 Å². The molecule has 168 valence electrons. The molecule has 0 spiro atoms. The van der Waals surface area contributed by atoms with E-state index in [4.69, 9.17) is 10.7 Å². The first-order valence-corrected chi connectivity index (χ1v) is 11.0. The number of hydrogen-bond acceptors (Lipinski definition) is 5. The minimum absolute atomic E-state index is 0.165. The molecule has 2 aromatic carbocycles. The van der Waals surface area contributed by atoms with Crippen molar-refractivity contribution in [2.24, 2.45) is 5.73 Å². The summed E-state index contributed by atoms with van der Waals surface area (Å²) >= 11 is 0. The zero-order valence-corrected chi connectivity index (χ0v) is 18.3. The second kappa shape index (κ2) is 8.63. The number of fused-ring (bicyclic) bond motifs is 1. The molecule has 0 bridgehead atoms. The van der Waals surface area contributed by atoms with Crippen LogP contribution < -0.4 is 16.4 Å². The van der Waals surface area contributed by atoms with Crippen molar-refractivity contribution in [3.8, 4) is 5.95 Å². The van der Waals surface area contributed by atoms with E-state index >= 15 is 0 Å². The molecule has 4 N–H and O–H groups in total. The van der Waals surface area contributed by atoms with Gasteiger partial charge in [0.15, 0.2) is 0 Å². The molecule has 1 unspecified atom stereocenters. The van der Waals surface area contributed by atoms with Crippen LogP contribution >= 0.6 is 0 Å². The van der Waals surface area contributed by atoms with Crippen molar-refractivity contribution < 1.29 is 9.18 Å². The normalized spacial score (nSPS) is 15.8. The van der Waals surface area contributed by atoms with Gasteiger partial charge in [0.2, 0.25) is 11.9 Å². The Hall–Kier alpha value is -3.78. The summed E-state index contributed by atoms with van der Waals surface area (Å²) in [5, 5.41) is 7.65. The average Bonchev–Trinajstić information content (AvgIpc) is 3.44. The standard InChI is InChI=1S/C25H25FN6O/c1-15-11-19-18(23(27)33)7-3-9-22(19)32(15)25-30-14-20(21-8-4-10-28-21)24(31-25)29-13-16-5-2-6-17(26)12-16/h2-3,5-7,9,11-12,14,21,28H,4,8,10,13H2,1H3,(H2,27,33)(H,29,30,31). The molecule has 33 heavy (non-hydrogen) atoms. The van der Waals surface area contributed by atoms with Gasteiger partial charge in [-0.1, -0.05) is 18.2 Å². The largest absolute Gasteiger partial charge is 0.366 e. The van der Waals surface area contributed by atoms with Crippen LogP contribution in [0.1, 0.15) is 46.1 Å². The molecule has 1 aliphatic rings. The van der Waals surface area contributed by atoms with Crippen LogP contribution in [-0.4, -0.2) is 27.0 Å². The van der Waals surface area contributed by atoms with E-state index in [0.29, 0.717) is 23.9 Å². The Morgan fingerprint density at radius 2 is 2.12 bits per heavy atom. The highest BCUT2D eigenvalue weighted by molar-refractivity contribution is 6.06. The van der Waals surface area contributed by atoms with Crippen LogP contribution in [0.15, 0.2) is 54.7 Å². The van der Waals surface area contributed by atoms with Crippen molar-refractivity contribution in [2.75, 3.05) is 11.9 Å². The van der Waals surface area contributed by atoms with Gasteiger partial charge in [-0.3, -0.25) is 9.36 Å². The number of anilines is 1. The van der Waals surface area contributed by atoms with E-state index in [2.05, 4.69) is 15.6 Å². The number of nitrogens with two attached hydrogens (primary N) is 1. The van der Waals surface area contributed by atoms with Crippen LogP contribution in [0.2, 0.25) is 0 Å². The van der Waals surface area contributed by atoms with Gasteiger partial charge in [0.05, 0.1) is 5.52 Å². The molecule has 5 rings (SSSR count). The summed E-state index contributed by atoms with van der Waals surface area (Å²) in [6.45, 7) is 3.33. The predicted molar refractivity (Wildman–Crippen MR) is 126 cm³/mol. The number of aryl methyl sites for hydroxylation is 1. The van der Waals surface area contributed by atoms with E-state index in [9.17, 15) is 9.18 Å². The first-order valence-electron chi connectivity index (χ1n) is 11.0. The Balaban J connectivity index is 1.58. The Bertz CT molecular complexity index is 1340. The summed E-state index contributed by atoms with van der Waals surface area (Å²) in [5.74, 6) is 0.456. The van der Waals surface area contributed by atoms with Crippen molar-refractivity contribution in [1.29, 1.82) is 0 Å². The highest BCUT2D eigenvalue weighted by Crippen LogP contribution is 2.30. The molecule has 0 radical (unpaired) electrons. The van der Waals surface area contributed by atoms with Gasteiger partial charge in [-0.15, -0.1) is 0 Å². The fourth-order valence-electron chi connectivity index (χ4n) is 4.51. The molecule has 1 atom stereocenters. The number of amides is 1. The van der Waals surface area contributed by atoms with E-state index in [1.807, 2.05) is 35.9 Å². The lowest BCUT2D eigenvalue weighted by Gasteiger charge is -2.18. The van der Waals surface area contributed by atoms with E-state index in [0.717, 1.165) is 47.1 Å². The van der Waals surface area contributed by atoms with Crippen molar-refractivity contribution in [3.63, 3.8) is 0 Å². The molecular weight excluding hydrogens is 419 g/mol. The van der Waals surface area contributed by atoms with Crippen LogP contribution in [0.5, 0.6) is 0 Å². The molecule has 0 saturated carbocycles. The molecule has 4 aromatic rings. The smallest absolute Gasteiger partial charge is 0.249 e. The fraction of sp³-hybridized carbons (Fsp3) is 0.240. The first kappa shape index (κ1) is 21.1. The number of hydrogen-bond donors (Lipinski definition) is 3. The lowest BCUT2D eigenvalue weighted by atomic mass is 10.1. The predicted octanol–water partition coefficient (Wildman–Crippen LogP) is 4.00. The number of aromatic nitrogens is 3. The van der Waals surface area contributed by atoms with Crippen LogP contribution in [0.3, 0.4) is 0 Å². The number of nitrogens with one attached hydrogen (secondary N) is 2. The molecule has 3 heterocycles. The number of halogens is 1. The maximum atomic E-state index is 13.7. The maximum Gasteiger partial charge on any atom is 0.249 e. The second-order valence-corrected chi connectivity index (χ2v) is 8.33. The van der Waals surface area contributed by atoms with E-state index in [1.54, 1.807) is 18.2 Å². The minimum Gasteiger partial charge on any atom is -0.366 e. The van der Waals surface area contributed by atoms with Crippen molar-refractivity contribution in [3.05, 3.63) is 82.9 Å². The van der Waals surface area contributed by atoms with Crippen LogP contribution in [-0.2, 0) is 6.54 Å². The molecule has 2 aromatic heterocycles. The zero-order valence-electron chi connectivity index (χ0n) is 18.3. The topological polar surface area (TPSA) is 97.9 Å². The summed E-state index contributed by atoms with van der Waals surface area (Å²) in [7, 11) is 0. The first-order chi connectivity index (χ1) is 16.0. The number of rotatable bonds is 6. The van der Waals surface area contributed by atoms with Gasteiger partial charge in [0, 0.05) is 41.0 Å². The zero-order chi connectivity index (χ0) is 22.9. The van der Waals surface area contributed by atoms with Crippen LogP contribution in [0, 0.1) is 12.7 Å². The third-order valence-corrected chi connectivity index (χ3v) is 6.08. The van der Waals surface area contributed by atoms with Gasteiger partial charge in [-0.25, -0.2) is 9.37 Å². The van der Waals surface area contributed by atoms with Gasteiger partial charge in [-0.2, -0.15) is 4.98 Å². The third-order valence-electron chi connectivity index (χ3n) is 6.08. The van der Waals surface area contributed by atoms with E-state index in [1.165, 1.54) is 12.1 Å². The number of primary amides is 1. The molecular formula is C25H25FN6O. The Morgan fingerprint density at radius 3 is 2.88 bits per heavy atom. The summed E-state index contributed by atoms with van der Waals surface area (Å²) < 4.78 is 15.6. The number of nitrogens with zero attached hydrogens (tertiary/aromatic N) is 3. The molecule has 1 aliphatic heterocycles. The number of carbonyl (C=O) groups excluding carboxylic acids is 1. The average molecular weight is 445 g/mol. The maximum absolute atomic E-state index is 13.7. The van der Waals surface area contributed by atoms with Crippen molar-refractivity contribution >= 4 is 22.6 Å². The molecule has 1 amide bonds. The summed E-state index contributed by atoms with van der Waals surface area (Å²) in [6.07, 6.45) is 3.94. The fourth-order valence-corrected chi connectivity index (χ4v) is 4.51. The van der Waals surface area contributed by atoms with Gasteiger partial charge in [0.1, 0.15) is 11.6 Å². The molecule has 7 nitrogen and oxygen atoms in total. The summed E-state index contributed by atoms with van der Waals surface area (Å²) in [6, 6.07) is 14.0. The SMILES string of the molecule is Cc1cc2c(C(N)=O)cccc2n1-c1ncc(C2CCCN2)c(NCc2cccc(F)c2)n1. The Labute approximate surface area is 190 Å². The van der Waals surface area contributed by atoms with E-state index in [-0.39, 0.29) is 11.9 Å². The molecule has 0 aliphatic carbocycles. The second-order valence-electron chi connectivity index (χ2n) is 8.33. The Kier molecular flexibility index (Phi) is 5.51. The summed E-state index contributed by atoms with van der Waals surface area (Å²) in [4.78, 5) is 21.4. The molecule has 8 heteroatoms. The summed E-state index contributed by atoms with van der Waals surface area (Å²) in [5.41, 5.74) is 9.55. The van der Waals surface area contributed by atoms with Crippen molar-refractivity contribution in [1.82, 2.24) is 19.9 Å². The van der Waals surface area contributed by atoms with Crippen molar-refractivity contribution in [2.45, 2.75) is 32.4 Å². The number of carbonyl (C=O) groups is 1. The lowest BCUT2D eigenvalue weighted by molar-refractivity contribution is 0.100. The van der Waals surface area contributed by atoms with Crippen LogP contribution in [0.4, 0.5) is 10.2 Å². The highest BCUT2D eigenvalue weighted by Gasteiger charge is 2.22. The lowest BCUT2D eigenvalue weighted by Crippen LogP contribution is -2.18. The van der Waals surface area contributed by atoms with Gasteiger partial charge in [0.25, 0.3) is 0 Å². The van der Waals surface area contributed by atoms with Gasteiger partial charge < -0.3 is 16.4 Å². The third kappa shape index (κ3) is 4.05. The number of benzene rings is 2. The quantitative estimate of drug-likeness (QED) is 0.418. The molecule has 1 fully saturated rings. The van der Waals surface area contributed by atoms with Crippen LogP contribution in [0.25, 0.3) is 16.9 Å². The monoisotopic (exact) mass is 444 g/mol. The van der Waals surface area contributed by atoms with Gasteiger partial charge in [-0.05, 0) is 62.2 Å². The minimum atomic E-state index is -0.473. The van der Waals surface area contributed by atoms with Gasteiger partial charge >= 0.3 is 0 Å². The Morgan fingerprint density at radius 1 is 1.27 bits per heavy atom. The highest BCUT2D eigenvalue weighted by atomic mass is 19.1. The molecule has 1 saturated heterocycles.